The van der Waals surface area contributed by atoms with Gasteiger partial charge in [-0.25, -0.2) is 0 Å². The smallest absolute Gasteiger partial charge is 0.0621 e. The number of halogens is 1. The van der Waals surface area contributed by atoms with E-state index in [-0.39, 0.29) is 0 Å². The number of pyridine rings is 1. The molecule has 1 aromatic heterocycles. The van der Waals surface area contributed by atoms with Crippen molar-refractivity contribution in [1.29, 1.82) is 0 Å². The highest BCUT2D eigenvalue weighted by Crippen LogP contribution is 2.14. The number of hydrogen-bond donors (Lipinski definition) is 0. The molecular formula is C9H12ClN. The van der Waals surface area contributed by atoms with Crippen LogP contribution in [-0.2, 0) is 6.42 Å². The van der Waals surface area contributed by atoms with Crippen LogP contribution in [0.5, 0.6) is 0 Å². The van der Waals surface area contributed by atoms with E-state index in [1.54, 1.807) is 0 Å². The van der Waals surface area contributed by atoms with E-state index in [1.807, 2.05) is 19.2 Å². The van der Waals surface area contributed by atoms with Gasteiger partial charge in [-0.2, -0.15) is 0 Å². The van der Waals surface area contributed by atoms with Crippen LogP contribution in [0.1, 0.15) is 24.6 Å². The number of nitrogens with zero attached hydrogens (tertiary/aromatic N) is 1. The fraction of sp³-hybridized carbons (Fsp3) is 0.444. The molecule has 0 amide bonds. The predicted molar refractivity (Wildman–Crippen MR) is 48.0 cm³/mol. The van der Waals surface area contributed by atoms with Crippen molar-refractivity contribution in [3.05, 3.63) is 28.5 Å². The second-order valence-electron chi connectivity index (χ2n) is 2.66. The molecule has 2 heteroatoms. The van der Waals surface area contributed by atoms with Gasteiger partial charge < -0.3 is 0 Å². The lowest BCUT2D eigenvalue weighted by molar-refractivity contribution is 0.910. The van der Waals surface area contributed by atoms with Gasteiger partial charge >= 0.3 is 0 Å². The number of hydrogen-bond acceptors (Lipinski definition) is 1. The summed E-state index contributed by atoms with van der Waals surface area (Å²) in [6, 6.07) is 1.99. The summed E-state index contributed by atoms with van der Waals surface area (Å²) < 4.78 is 0. The van der Waals surface area contributed by atoms with Crippen LogP contribution in [0.2, 0.25) is 5.02 Å². The Hall–Kier alpha value is -0.560. The van der Waals surface area contributed by atoms with Crippen LogP contribution in [0.4, 0.5) is 0 Å². The minimum Gasteiger partial charge on any atom is -0.260 e. The van der Waals surface area contributed by atoms with Gasteiger partial charge in [0.25, 0.3) is 0 Å². The zero-order valence-electron chi connectivity index (χ0n) is 6.89. The van der Waals surface area contributed by atoms with Crippen molar-refractivity contribution in [2.75, 3.05) is 0 Å². The van der Waals surface area contributed by atoms with E-state index in [1.165, 1.54) is 5.56 Å². The molecule has 0 saturated carbocycles. The summed E-state index contributed by atoms with van der Waals surface area (Å²) in [6.45, 7) is 4.06. The third-order valence-electron chi connectivity index (χ3n) is 1.62. The zero-order chi connectivity index (χ0) is 8.27. The Morgan fingerprint density at radius 1 is 1.55 bits per heavy atom. The van der Waals surface area contributed by atoms with Gasteiger partial charge in [-0.1, -0.05) is 24.9 Å². The molecular weight excluding hydrogens is 158 g/mol. The predicted octanol–water partition coefficient (Wildman–Crippen LogP) is 3.00. The number of rotatable bonds is 2. The third-order valence-corrected chi connectivity index (χ3v) is 2.00. The van der Waals surface area contributed by atoms with Crippen LogP contribution in [-0.4, -0.2) is 4.98 Å². The summed E-state index contributed by atoms with van der Waals surface area (Å²) in [5.74, 6) is 0. The lowest BCUT2D eigenvalue weighted by Crippen LogP contribution is -1.88. The Balaban J connectivity index is 2.86. The quantitative estimate of drug-likeness (QED) is 0.664. The molecule has 60 valence electrons. The van der Waals surface area contributed by atoms with E-state index in [9.17, 15) is 0 Å². The van der Waals surface area contributed by atoms with Crippen molar-refractivity contribution in [3.63, 3.8) is 0 Å². The van der Waals surface area contributed by atoms with Gasteiger partial charge in [0, 0.05) is 6.20 Å². The lowest BCUT2D eigenvalue weighted by atomic mass is 10.2. The average Bonchev–Trinajstić information content (AvgIpc) is 1.98. The van der Waals surface area contributed by atoms with Gasteiger partial charge in [0.05, 0.1) is 10.7 Å². The molecule has 0 radical (unpaired) electrons. The van der Waals surface area contributed by atoms with Gasteiger partial charge in [-0.3, -0.25) is 4.98 Å². The highest BCUT2D eigenvalue weighted by atomic mass is 35.5. The summed E-state index contributed by atoms with van der Waals surface area (Å²) >= 11 is 5.89. The van der Waals surface area contributed by atoms with Crippen molar-refractivity contribution in [2.45, 2.75) is 26.7 Å². The van der Waals surface area contributed by atoms with E-state index in [0.717, 1.165) is 23.6 Å². The molecule has 0 aromatic carbocycles. The average molecular weight is 170 g/mol. The zero-order valence-corrected chi connectivity index (χ0v) is 7.65. The minimum absolute atomic E-state index is 0.774. The van der Waals surface area contributed by atoms with Crippen LogP contribution >= 0.6 is 11.6 Å². The molecule has 0 aliphatic rings. The molecule has 0 aliphatic carbocycles. The first-order chi connectivity index (χ1) is 5.24. The Morgan fingerprint density at radius 3 is 2.82 bits per heavy atom. The van der Waals surface area contributed by atoms with Gasteiger partial charge in [0.1, 0.15) is 0 Å². The van der Waals surface area contributed by atoms with Crippen molar-refractivity contribution in [2.24, 2.45) is 0 Å². The summed E-state index contributed by atoms with van der Waals surface area (Å²) in [5, 5.41) is 0.774. The van der Waals surface area contributed by atoms with Gasteiger partial charge in [-0.15, -0.1) is 0 Å². The lowest BCUT2D eigenvalue weighted by Gasteiger charge is -2.00. The summed E-state index contributed by atoms with van der Waals surface area (Å²) in [6.07, 6.45) is 4.10. The maximum absolute atomic E-state index is 5.89. The van der Waals surface area contributed by atoms with Crippen LogP contribution in [0.15, 0.2) is 12.3 Å². The molecule has 11 heavy (non-hydrogen) atoms. The molecule has 1 rings (SSSR count). The fourth-order valence-corrected chi connectivity index (χ4v) is 1.16. The van der Waals surface area contributed by atoms with Crippen molar-refractivity contribution >= 4 is 11.6 Å². The highest BCUT2D eigenvalue weighted by Gasteiger charge is 1.97. The van der Waals surface area contributed by atoms with Crippen LogP contribution in [0, 0.1) is 6.92 Å². The Morgan fingerprint density at radius 2 is 2.27 bits per heavy atom. The second kappa shape index (κ2) is 3.72. The largest absolute Gasteiger partial charge is 0.260 e. The first-order valence-corrected chi connectivity index (χ1v) is 4.23. The highest BCUT2D eigenvalue weighted by molar-refractivity contribution is 6.31. The van der Waals surface area contributed by atoms with Crippen molar-refractivity contribution in [3.8, 4) is 0 Å². The molecule has 0 aliphatic heterocycles. The minimum atomic E-state index is 0.774. The van der Waals surface area contributed by atoms with Crippen LogP contribution < -0.4 is 0 Å². The molecule has 1 aromatic rings. The molecule has 0 atom stereocenters. The molecule has 0 N–H and O–H groups in total. The van der Waals surface area contributed by atoms with E-state index < -0.39 is 0 Å². The van der Waals surface area contributed by atoms with E-state index >= 15 is 0 Å². The molecule has 1 heterocycles. The molecule has 0 saturated heterocycles. The normalized spacial score (nSPS) is 10.1. The van der Waals surface area contributed by atoms with E-state index in [4.69, 9.17) is 11.6 Å². The Bertz CT molecular complexity index is 245. The first-order valence-electron chi connectivity index (χ1n) is 3.85. The molecule has 0 unspecified atom stereocenters. The maximum Gasteiger partial charge on any atom is 0.0621 e. The molecule has 0 fully saturated rings. The van der Waals surface area contributed by atoms with Gasteiger partial charge in [-0.05, 0) is 25.0 Å². The fourth-order valence-electron chi connectivity index (χ4n) is 0.971. The summed E-state index contributed by atoms with van der Waals surface area (Å²) in [7, 11) is 0. The van der Waals surface area contributed by atoms with Crippen molar-refractivity contribution in [1.82, 2.24) is 4.98 Å². The summed E-state index contributed by atoms with van der Waals surface area (Å²) in [4.78, 5) is 4.17. The molecule has 0 spiro atoms. The SMILES string of the molecule is CCCc1cnc(C)c(Cl)c1. The number of aromatic nitrogens is 1. The Kier molecular flexibility index (Phi) is 2.89. The summed E-state index contributed by atoms with van der Waals surface area (Å²) in [5.41, 5.74) is 2.13. The van der Waals surface area contributed by atoms with Crippen LogP contribution in [0.25, 0.3) is 0 Å². The van der Waals surface area contributed by atoms with Gasteiger partial charge in [0.15, 0.2) is 0 Å². The number of aryl methyl sites for hydroxylation is 2. The second-order valence-corrected chi connectivity index (χ2v) is 3.07. The van der Waals surface area contributed by atoms with E-state index in [0.29, 0.717) is 0 Å². The van der Waals surface area contributed by atoms with Gasteiger partial charge in [0.2, 0.25) is 0 Å². The van der Waals surface area contributed by atoms with E-state index in [2.05, 4.69) is 11.9 Å². The molecule has 1 nitrogen and oxygen atoms in total. The standard InChI is InChI=1S/C9H12ClN/c1-3-4-8-5-9(10)7(2)11-6-8/h5-6H,3-4H2,1-2H3. The Labute approximate surface area is 72.4 Å². The first kappa shape index (κ1) is 8.54. The van der Waals surface area contributed by atoms with Crippen molar-refractivity contribution < 1.29 is 0 Å². The third kappa shape index (κ3) is 2.19. The maximum atomic E-state index is 5.89. The monoisotopic (exact) mass is 169 g/mol. The molecule has 0 bridgehead atoms. The topological polar surface area (TPSA) is 12.9 Å². The van der Waals surface area contributed by atoms with Crippen LogP contribution in [0.3, 0.4) is 0 Å².